The summed E-state index contributed by atoms with van der Waals surface area (Å²) in [6, 6.07) is 25.5. The Balaban J connectivity index is 1.81. The summed E-state index contributed by atoms with van der Waals surface area (Å²) in [4.78, 5) is 11.9. The number of carbonyl (C=O) groups is 1. The lowest BCUT2D eigenvalue weighted by Gasteiger charge is -2.47. The molecule has 2 aliphatic rings. The zero-order chi connectivity index (χ0) is 23.7. The minimum absolute atomic E-state index is 0.243. The molecule has 2 heterocycles. The fourth-order valence-corrected chi connectivity index (χ4v) is 5.71. The van der Waals surface area contributed by atoms with Crippen LogP contribution in [0, 0.1) is 0 Å². The van der Waals surface area contributed by atoms with Gasteiger partial charge in [-0.1, -0.05) is 73.1 Å². The Hall–Kier alpha value is -3.29. The van der Waals surface area contributed by atoms with Crippen LogP contribution in [0.5, 0.6) is 0 Å². The fraction of sp³-hybridized carbons (Fsp3) is 0.192. The van der Waals surface area contributed by atoms with Crippen LogP contribution in [0.15, 0.2) is 89.1 Å². The average molecular weight is 491 g/mol. The third-order valence-electron chi connectivity index (χ3n) is 5.68. The highest BCUT2D eigenvalue weighted by molar-refractivity contribution is 8.16. The van der Waals surface area contributed by atoms with Gasteiger partial charge in [0.25, 0.3) is 0 Å². The molecule has 0 unspecified atom stereocenters. The number of hydrogen-bond donors (Lipinski definition) is 0. The van der Waals surface area contributed by atoms with Crippen LogP contribution in [0.25, 0.3) is 0 Å². The van der Waals surface area contributed by atoms with E-state index in [2.05, 4.69) is 19.1 Å². The van der Waals surface area contributed by atoms with E-state index < -0.39 is 11.0 Å². The number of nitrogens with zero attached hydrogens (tertiary/aromatic N) is 4. The van der Waals surface area contributed by atoms with Gasteiger partial charge >= 0.3 is 5.97 Å². The van der Waals surface area contributed by atoms with Crippen molar-refractivity contribution in [1.82, 2.24) is 0 Å². The minimum Gasteiger partial charge on any atom is -0.461 e. The van der Waals surface area contributed by atoms with E-state index in [0.717, 1.165) is 28.9 Å². The van der Waals surface area contributed by atoms with Crippen molar-refractivity contribution in [3.8, 4) is 0 Å². The molecule has 0 radical (unpaired) electrons. The van der Waals surface area contributed by atoms with Crippen molar-refractivity contribution in [2.75, 3.05) is 16.6 Å². The van der Waals surface area contributed by atoms with E-state index in [1.807, 2.05) is 71.7 Å². The van der Waals surface area contributed by atoms with Gasteiger partial charge in [0.1, 0.15) is 0 Å². The lowest BCUT2D eigenvalue weighted by atomic mass is 9.96. The van der Waals surface area contributed by atoms with Gasteiger partial charge in [0.2, 0.25) is 10.0 Å². The predicted octanol–water partition coefficient (Wildman–Crippen LogP) is 6.21. The number of esters is 1. The molecule has 0 N–H and O–H groups in total. The molecule has 0 fully saturated rings. The Morgan fingerprint density at radius 1 is 0.941 bits per heavy atom. The zero-order valence-corrected chi connectivity index (χ0v) is 20.4. The summed E-state index contributed by atoms with van der Waals surface area (Å²) in [5.41, 5.74) is 4.48. The van der Waals surface area contributed by atoms with E-state index in [9.17, 15) is 4.79 Å². The van der Waals surface area contributed by atoms with Gasteiger partial charge in [-0.05, 0) is 49.4 Å². The molecular formula is C26H23ClN4O2S. The molecule has 0 saturated heterocycles. The third-order valence-corrected chi connectivity index (χ3v) is 7.29. The highest BCUT2D eigenvalue weighted by Crippen LogP contribution is 2.55. The first-order valence-electron chi connectivity index (χ1n) is 11.1. The maximum atomic E-state index is 12.9. The van der Waals surface area contributed by atoms with Crippen molar-refractivity contribution in [3.05, 3.63) is 95.0 Å². The van der Waals surface area contributed by atoms with Crippen molar-refractivity contribution >= 4 is 51.5 Å². The maximum Gasteiger partial charge on any atom is 0.365 e. The van der Waals surface area contributed by atoms with Crippen LogP contribution in [0.1, 0.15) is 31.4 Å². The normalized spacial score (nSPS) is 19.0. The molecule has 3 aromatic rings. The van der Waals surface area contributed by atoms with Crippen LogP contribution in [0.4, 0.5) is 11.4 Å². The van der Waals surface area contributed by atoms with E-state index >= 15 is 0 Å². The first-order chi connectivity index (χ1) is 16.6. The number of carbonyl (C=O) groups excluding carboxylic acids is 1. The molecule has 1 spiro atoms. The first-order valence-corrected chi connectivity index (χ1v) is 12.3. The summed E-state index contributed by atoms with van der Waals surface area (Å²) in [6.07, 6.45) is 0.749. The van der Waals surface area contributed by atoms with Gasteiger partial charge in [0.05, 0.1) is 28.7 Å². The number of benzene rings is 3. The standard InChI is InChI=1S/C26H23ClN4O2S/c1-3-22-19-14-8-9-15-20(19)26(30(28-22)18-12-6-5-7-13-18)31(23-17-11-10-16-21(23)27)29-24(34-26)25(32)33-4-2/h5-17H,3-4H2,1-2H3/t26-/m0/s1. The van der Waals surface area contributed by atoms with Gasteiger partial charge in [0, 0.05) is 11.1 Å². The maximum absolute atomic E-state index is 12.9. The highest BCUT2D eigenvalue weighted by Gasteiger charge is 2.56. The second-order valence-corrected chi connectivity index (χ2v) is 9.26. The second kappa shape index (κ2) is 9.16. The summed E-state index contributed by atoms with van der Waals surface area (Å²) in [5.74, 6) is -0.475. The SMILES string of the molecule is CCOC(=O)C1=NN(c2ccccc2Cl)[C@]2(S1)c1ccccc1C(CC)=NN2c1ccccc1. The largest absolute Gasteiger partial charge is 0.461 e. The first kappa shape index (κ1) is 22.5. The number of halogens is 1. The summed E-state index contributed by atoms with van der Waals surface area (Å²) in [5, 5.41) is 14.4. The van der Waals surface area contributed by atoms with E-state index in [0.29, 0.717) is 10.7 Å². The third kappa shape index (κ3) is 3.56. The van der Waals surface area contributed by atoms with Gasteiger partial charge in [-0.15, -0.1) is 0 Å². The van der Waals surface area contributed by atoms with Crippen molar-refractivity contribution in [2.24, 2.45) is 10.2 Å². The summed E-state index contributed by atoms with van der Waals surface area (Å²) < 4.78 is 5.34. The van der Waals surface area contributed by atoms with Gasteiger partial charge in [-0.25, -0.2) is 14.8 Å². The molecule has 0 bridgehead atoms. The molecule has 8 heteroatoms. The molecule has 0 saturated carbocycles. The van der Waals surface area contributed by atoms with Crippen LogP contribution in [0.2, 0.25) is 5.02 Å². The van der Waals surface area contributed by atoms with Crippen LogP contribution < -0.4 is 10.0 Å². The van der Waals surface area contributed by atoms with Crippen molar-refractivity contribution < 1.29 is 9.53 Å². The van der Waals surface area contributed by atoms with Crippen LogP contribution in [-0.2, 0) is 14.5 Å². The highest BCUT2D eigenvalue weighted by atomic mass is 35.5. The van der Waals surface area contributed by atoms with Gasteiger partial charge in [0.15, 0.2) is 0 Å². The van der Waals surface area contributed by atoms with E-state index in [4.69, 9.17) is 26.5 Å². The number of hydrogen-bond acceptors (Lipinski definition) is 7. The Labute approximate surface area is 207 Å². The van der Waals surface area contributed by atoms with Crippen LogP contribution in [0.3, 0.4) is 0 Å². The van der Waals surface area contributed by atoms with Crippen molar-refractivity contribution in [2.45, 2.75) is 25.3 Å². The van der Waals surface area contributed by atoms with Gasteiger partial charge in [-0.2, -0.15) is 10.2 Å². The lowest BCUT2D eigenvalue weighted by Crippen LogP contribution is -2.54. The monoisotopic (exact) mass is 490 g/mol. The second-order valence-electron chi connectivity index (χ2n) is 7.69. The predicted molar refractivity (Wildman–Crippen MR) is 139 cm³/mol. The molecule has 2 aliphatic heterocycles. The molecule has 6 nitrogen and oxygen atoms in total. The van der Waals surface area contributed by atoms with Gasteiger partial charge < -0.3 is 4.74 Å². The van der Waals surface area contributed by atoms with Gasteiger partial charge in [-0.3, -0.25) is 0 Å². The summed E-state index contributed by atoms with van der Waals surface area (Å²) in [7, 11) is 0. The van der Waals surface area contributed by atoms with Crippen molar-refractivity contribution in [1.29, 1.82) is 0 Å². The number of para-hydroxylation sites is 2. The molecule has 1 atom stereocenters. The van der Waals surface area contributed by atoms with Crippen LogP contribution in [-0.4, -0.2) is 23.3 Å². The molecule has 5 rings (SSSR count). The summed E-state index contributed by atoms with van der Waals surface area (Å²) >= 11 is 7.99. The number of fused-ring (bicyclic) bond motifs is 2. The molecule has 0 aliphatic carbocycles. The van der Waals surface area contributed by atoms with E-state index in [-0.39, 0.29) is 11.7 Å². The molecular weight excluding hydrogens is 468 g/mol. The topological polar surface area (TPSA) is 57.5 Å². The molecule has 0 amide bonds. The minimum atomic E-state index is -1.02. The number of anilines is 2. The number of ether oxygens (including phenoxy) is 1. The zero-order valence-electron chi connectivity index (χ0n) is 18.8. The Morgan fingerprint density at radius 2 is 1.65 bits per heavy atom. The Morgan fingerprint density at radius 3 is 2.38 bits per heavy atom. The Bertz CT molecular complexity index is 1300. The Kier molecular flexibility index (Phi) is 6.06. The molecule has 34 heavy (non-hydrogen) atoms. The number of hydrazone groups is 2. The number of rotatable bonds is 5. The average Bonchev–Trinajstić information content (AvgIpc) is 3.26. The molecule has 3 aromatic carbocycles. The molecule has 172 valence electrons. The van der Waals surface area contributed by atoms with Crippen molar-refractivity contribution in [3.63, 3.8) is 0 Å². The number of thioether (sulfide) groups is 1. The quantitative estimate of drug-likeness (QED) is 0.398. The molecule has 0 aromatic heterocycles. The summed E-state index contributed by atoms with van der Waals surface area (Å²) in [6.45, 7) is 4.13. The van der Waals surface area contributed by atoms with E-state index in [1.54, 1.807) is 11.9 Å². The van der Waals surface area contributed by atoms with Crippen LogP contribution >= 0.6 is 23.4 Å². The van der Waals surface area contributed by atoms with E-state index in [1.165, 1.54) is 11.8 Å². The smallest absolute Gasteiger partial charge is 0.365 e. The lowest BCUT2D eigenvalue weighted by molar-refractivity contribution is -0.134. The fourth-order valence-electron chi connectivity index (χ4n) is 4.21.